The maximum atomic E-state index is 9.71. The molecule has 2 rings (SSSR count). The van der Waals surface area contributed by atoms with E-state index in [4.69, 9.17) is 4.74 Å². The highest BCUT2D eigenvalue weighted by molar-refractivity contribution is 7.98. The van der Waals surface area contributed by atoms with Crippen molar-refractivity contribution < 1.29 is 14.9 Å². The first-order chi connectivity index (χ1) is 8.99. The van der Waals surface area contributed by atoms with Gasteiger partial charge in [0.25, 0.3) is 0 Å². The molecule has 0 amide bonds. The maximum absolute atomic E-state index is 9.71. The molecule has 3 unspecified atom stereocenters. The molecule has 0 bridgehead atoms. The second-order valence-electron chi connectivity index (χ2n) is 5.32. The van der Waals surface area contributed by atoms with Gasteiger partial charge in [-0.05, 0) is 37.5 Å². The molecule has 19 heavy (non-hydrogen) atoms. The van der Waals surface area contributed by atoms with Gasteiger partial charge in [-0.15, -0.1) is 0 Å². The first-order valence-corrected chi connectivity index (χ1v) is 7.76. The van der Waals surface area contributed by atoms with Gasteiger partial charge in [0, 0.05) is 11.5 Å². The Kier molecular flexibility index (Phi) is 4.90. The molecule has 1 aromatic rings. The zero-order chi connectivity index (χ0) is 14.0. The number of hydrogen-bond acceptors (Lipinski definition) is 4. The summed E-state index contributed by atoms with van der Waals surface area (Å²) in [6.45, 7) is 6.64. The minimum absolute atomic E-state index is 0.244. The lowest BCUT2D eigenvalue weighted by atomic mass is 10.0. The van der Waals surface area contributed by atoms with Crippen molar-refractivity contribution in [2.75, 3.05) is 12.4 Å². The molecule has 3 atom stereocenters. The van der Waals surface area contributed by atoms with Crippen LogP contribution in [0.15, 0.2) is 12.1 Å². The predicted molar refractivity (Wildman–Crippen MR) is 78.6 cm³/mol. The van der Waals surface area contributed by atoms with Gasteiger partial charge in [-0.25, -0.2) is 0 Å². The van der Waals surface area contributed by atoms with Crippen molar-refractivity contribution >= 4 is 11.8 Å². The smallest absolute Gasteiger partial charge is 0.109 e. The van der Waals surface area contributed by atoms with E-state index in [0.717, 1.165) is 5.75 Å². The van der Waals surface area contributed by atoms with Crippen LogP contribution in [0.5, 0.6) is 0 Å². The number of aryl methyl sites for hydroxylation is 3. The zero-order valence-corrected chi connectivity index (χ0v) is 12.5. The van der Waals surface area contributed by atoms with Crippen LogP contribution in [-0.2, 0) is 10.5 Å². The number of aliphatic hydroxyl groups is 2. The van der Waals surface area contributed by atoms with E-state index in [1.807, 2.05) is 0 Å². The molecule has 106 valence electrons. The molecule has 1 saturated heterocycles. The van der Waals surface area contributed by atoms with Gasteiger partial charge in [0.05, 0.1) is 12.7 Å². The summed E-state index contributed by atoms with van der Waals surface area (Å²) in [5, 5.41) is 19.1. The van der Waals surface area contributed by atoms with Gasteiger partial charge in [0.2, 0.25) is 0 Å². The Morgan fingerprint density at radius 1 is 1.21 bits per heavy atom. The Hall–Kier alpha value is -0.550. The number of ether oxygens (including phenoxy) is 1. The van der Waals surface area contributed by atoms with Gasteiger partial charge >= 0.3 is 0 Å². The molecule has 1 aliphatic rings. The van der Waals surface area contributed by atoms with E-state index in [2.05, 4.69) is 32.9 Å². The van der Waals surface area contributed by atoms with Crippen LogP contribution in [0.4, 0.5) is 0 Å². The van der Waals surface area contributed by atoms with Gasteiger partial charge in [-0.1, -0.05) is 17.7 Å². The molecule has 0 aliphatic carbocycles. The van der Waals surface area contributed by atoms with Crippen molar-refractivity contribution in [1.29, 1.82) is 0 Å². The lowest BCUT2D eigenvalue weighted by molar-refractivity contribution is 0.0337. The van der Waals surface area contributed by atoms with Crippen molar-refractivity contribution in [3.8, 4) is 0 Å². The molecule has 4 heteroatoms. The van der Waals surface area contributed by atoms with Crippen molar-refractivity contribution in [3.05, 3.63) is 34.4 Å². The Morgan fingerprint density at radius 2 is 1.84 bits per heavy atom. The third-order valence-corrected chi connectivity index (χ3v) is 4.68. The summed E-state index contributed by atoms with van der Waals surface area (Å²) in [6.07, 6.45) is -1.72. The van der Waals surface area contributed by atoms with Gasteiger partial charge in [-0.2, -0.15) is 11.8 Å². The highest BCUT2D eigenvalue weighted by Crippen LogP contribution is 2.25. The first kappa shape index (κ1) is 14.9. The minimum atomic E-state index is -0.743. The fourth-order valence-corrected chi connectivity index (χ4v) is 3.83. The Balaban J connectivity index is 1.90. The van der Waals surface area contributed by atoms with E-state index in [1.54, 1.807) is 11.8 Å². The van der Waals surface area contributed by atoms with Crippen LogP contribution in [0.25, 0.3) is 0 Å². The number of benzene rings is 1. The second kappa shape index (κ2) is 6.27. The van der Waals surface area contributed by atoms with Crippen molar-refractivity contribution in [1.82, 2.24) is 0 Å². The van der Waals surface area contributed by atoms with Crippen LogP contribution in [0.2, 0.25) is 0 Å². The molecule has 1 fully saturated rings. The van der Waals surface area contributed by atoms with Crippen LogP contribution in [0, 0.1) is 20.8 Å². The quantitative estimate of drug-likeness (QED) is 0.886. The summed E-state index contributed by atoms with van der Waals surface area (Å²) < 4.78 is 5.37. The monoisotopic (exact) mass is 282 g/mol. The third-order valence-electron chi connectivity index (χ3n) is 3.63. The van der Waals surface area contributed by atoms with Gasteiger partial charge < -0.3 is 14.9 Å². The van der Waals surface area contributed by atoms with E-state index in [1.165, 1.54) is 22.3 Å². The van der Waals surface area contributed by atoms with Crippen LogP contribution in [0.1, 0.15) is 22.3 Å². The van der Waals surface area contributed by atoms with Crippen LogP contribution in [-0.4, -0.2) is 40.9 Å². The molecule has 1 heterocycles. The van der Waals surface area contributed by atoms with Crippen molar-refractivity contribution in [2.45, 2.75) is 44.8 Å². The fourth-order valence-electron chi connectivity index (χ4n) is 2.53. The molecule has 1 aliphatic heterocycles. The summed E-state index contributed by atoms with van der Waals surface area (Å²) in [7, 11) is 0. The predicted octanol–water partition coefficient (Wildman–Crippen LogP) is 1.97. The standard InChI is InChI=1S/C15H22O3S/c1-9-4-10(2)12(11(3)5-9)7-19-8-14-15(17)13(16)6-18-14/h4-5,13-17H,6-8H2,1-3H3. The second-order valence-corrected chi connectivity index (χ2v) is 6.35. The number of aliphatic hydroxyl groups excluding tert-OH is 2. The summed E-state index contributed by atoms with van der Waals surface area (Å²) in [6, 6.07) is 4.40. The molecule has 2 N–H and O–H groups in total. The van der Waals surface area contributed by atoms with Crippen molar-refractivity contribution in [3.63, 3.8) is 0 Å². The normalized spacial score (nSPS) is 26.9. The SMILES string of the molecule is Cc1cc(C)c(CSCC2OCC(O)C2O)c(C)c1. The number of thioether (sulfide) groups is 1. The van der Waals surface area contributed by atoms with Crippen LogP contribution >= 0.6 is 11.8 Å². The molecular formula is C15H22O3S. The Labute approximate surface area is 119 Å². The summed E-state index contributed by atoms with van der Waals surface area (Å²) >= 11 is 1.75. The van der Waals surface area contributed by atoms with Crippen LogP contribution in [0.3, 0.4) is 0 Å². The van der Waals surface area contributed by atoms with Crippen molar-refractivity contribution in [2.24, 2.45) is 0 Å². The van der Waals surface area contributed by atoms with E-state index < -0.39 is 12.2 Å². The Bertz CT molecular complexity index is 424. The summed E-state index contributed by atoms with van der Waals surface area (Å²) in [4.78, 5) is 0. The highest BCUT2D eigenvalue weighted by atomic mass is 32.2. The summed E-state index contributed by atoms with van der Waals surface area (Å²) in [5.74, 6) is 1.63. The van der Waals surface area contributed by atoms with E-state index in [-0.39, 0.29) is 12.7 Å². The third kappa shape index (κ3) is 3.51. The molecule has 0 spiro atoms. The number of rotatable bonds is 4. The average Bonchev–Trinajstić information content (AvgIpc) is 2.64. The largest absolute Gasteiger partial charge is 0.388 e. The maximum Gasteiger partial charge on any atom is 0.109 e. The lowest BCUT2D eigenvalue weighted by Crippen LogP contribution is -2.31. The molecule has 0 radical (unpaired) electrons. The first-order valence-electron chi connectivity index (χ1n) is 6.61. The Morgan fingerprint density at radius 3 is 2.37 bits per heavy atom. The van der Waals surface area contributed by atoms with E-state index in [9.17, 15) is 10.2 Å². The minimum Gasteiger partial charge on any atom is -0.388 e. The topological polar surface area (TPSA) is 49.7 Å². The van der Waals surface area contributed by atoms with E-state index in [0.29, 0.717) is 5.75 Å². The highest BCUT2D eigenvalue weighted by Gasteiger charge is 2.34. The summed E-state index contributed by atoms with van der Waals surface area (Å²) in [5.41, 5.74) is 5.29. The van der Waals surface area contributed by atoms with Gasteiger partial charge in [0.1, 0.15) is 12.2 Å². The molecular weight excluding hydrogens is 260 g/mol. The molecule has 0 aromatic heterocycles. The fraction of sp³-hybridized carbons (Fsp3) is 0.600. The molecule has 3 nitrogen and oxygen atoms in total. The van der Waals surface area contributed by atoms with Crippen LogP contribution < -0.4 is 0 Å². The average molecular weight is 282 g/mol. The molecule has 0 saturated carbocycles. The number of hydrogen-bond donors (Lipinski definition) is 2. The lowest BCUT2D eigenvalue weighted by Gasteiger charge is -2.16. The molecule has 1 aromatic carbocycles. The van der Waals surface area contributed by atoms with Gasteiger partial charge in [0.15, 0.2) is 0 Å². The van der Waals surface area contributed by atoms with Gasteiger partial charge in [-0.3, -0.25) is 0 Å². The zero-order valence-electron chi connectivity index (χ0n) is 11.7. The van der Waals surface area contributed by atoms with E-state index >= 15 is 0 Å².